The van der Waals surface area contributed by atoms with E-state index in [-0.39, 0.29) is 44.1 Å². The van der Waals surface area contributed by atoms with Crippen LogP contribution >= 0.6 is 0 Å². The molecular weight excluding hydrogens is 406 g/mol. The molecule has 2 amide bonds. The van der Waals surface area contributed by atoms with Crippen LogP contribution in [0.5, 0.6) is 0 Å². The van der Waals surface area contributed by atoms with Crippen molar-refractivity contribution in [3.8, 4) is 0 Å². The Balaban J connectivity index is 1.76. The molecule has 0 spiro atoms. The van der Waals surface area contributed by atoms with Gasteiger partial charge in [-0.2, -0.15) is 0 Å². The van der Waals surface area contributed by atoms with Gasteiger partial charge in [-0.15, -0.1) is 0 Å². The number of carbonyl (C=O) groups is 3. The zero-order valence-electron chi connectivity index (χ0n) is 20.3. The fourth-order valence-corrected chi connectivity index (χ4v) is 3.84. The van der Waals surface area contributed by atoms with Gasteiger partial charge in [-0.3, -0.25) is 19.3 Å². The lowest BCUT2D eigenvalue weighted by molar-refractivity contribution is -0.145. The Kier molecular flexibility index (Phi) is 17.7. The minimum Gasteiger partial charge on any atom is -0.463 e. The Hall–Kier alpha value is -1.69. The molecule has 6 heteroatoms. The van der Waals surface area contributed by atoms with Gasteiger partial charge in [0.15, 0.2) is 0 Å². The fourth-order valence-electron chi connectivity index (χ4n) is 3.84. The van der Waals surface area contributed by atoms with Crippen LogP contribution in [0.2, 0.25) is 0 Å². The second kappa shape index (κ2) is 20.0. The number of unbranched alkanes of at least 4 members (excludes halogenated alkanes) is 14. The largest absolute Gasteiger partial charge is 0.463 e. The summed E-state index contributed by atoms with van der Waals surface area (Å²) in [5.41, 5.74) is 0. The van der Waals surface area contributed by atoms with E-state index in [1.165, 1.54) is 95.6 Å². The van der Waals surface area contributed by atoms with Crippen LogP contribution in [-0.4, -0.2) is 49.0 Å². The van der Waals surface area contributed by atoms with Crippen molar-refractivity contribution in [2.24, 2.45) is 0 Å². The number of carbonyl (C=O) groups excluding carboxylic acids is 3. The van der Waals surface area contributed by atoms with Gasteiger partial charge in [-0.05, 0) is 6.42 Å². The summed E-state index contributed by atoms with van der Waals surface area (Å²) in [7, 11) is 0. The minimum absolute atomic E-state index is 0.183. The van der Waals surface area contributed by atoms with E-state index < -0.39 is 0 Å². The highest BCUT2D eigenvalue weighted by Gasteiger charge is 2.22. The predicted molar refractivity (Wildman–Crippen MR) is 127 cm³/mol. The Bertz CT molecular complexity index is 528. The molecule has 0 unspecified atom stereocenters. The van der Waals surface area contributed by atoms with Gasteiger partial charge in [0, 0.05) is 18.6 Å². The molecule has 1 aliphatic heterocycles. The number of amides is 2. The summed E-state index contributed by atoms with van der Waals surface area (Å²) in [4.78, 5) is 35.6. The Morgan fingerprint density at radius 2 is 1.16 bits per heavy atom. The smallest absolute Gasteiger partial charge is 0.305 e. The first kappa shape index (κ1) is 28.3. The summed E-state index contributed by atoms with van der Waals surface area (Å²) in [6.45, 7) is 3.21. The highest BCUT2D eigenvalue weighted by atomic mass is 16.6. The molecule has 0 atom stereocenters. The second-order valence-electron chi connectivity index (χ2n) is 8.69. The fraction of sp³-hybridized carbons (Fsp3) is 0.808. The summed E-state index contributed by atoms with van der Waals surface area (Å²) in [5, 5.41) is 0. The molecule has 0 fully saturated rings. The molecule has 0 saturated heterocycles. The van der Waals surface area contributed by atoms with Crippen LogP contribution in [0.4, 0.5) is 0 Å². The van der Waals surface area contributed by atoms with E-state index in [9.17, 15) is 14.4 Å². The van der Waals surface area contributed by atoms with E-state index in [2.05, 4.69) is 6.92 Å². The normalized spacial score (nSPS) is 13.3. The number of imide groups is 1. The van der Waals surface area contributed by atoms with Crippen LogP contribution in [0.3, 0.4) is 0 Å². The van der Waals surface area contributed by atoms with Crippen LogP contribution in [0.25, 0.3) is 0 Å². The standard InChI is InChI=1S/C26H45NO5/c1-2-3-4-5-6-7-8-9-10-11-12-13-14-15-16-17-26(30)32-23-22-31-21-20-27-24(28)18-19-25(27)29/h18-19H,2-17,20-23H2,1H3. The van der Waals surface area contributed by atoms with Crippen LogP contribution in [0.1, 0.15) is 110 Å². The van der Waals surface area contributed by atoms with Gasteiger partial charge < -0.3 is 9.47 Å². The number of hydrogen-bond acceptors (Lipinski definition) is 5. The van der Waals surface area contributed by atoms with Crippen LogP contribution in [0, 0.1) is 0 Å². The molecule has 0 N–H and O–H groups in total. The molecule has 184 valence electrons. The van der Waals surface area contributed by atoms with E-state index in [1.807, 2.05) is 0 Å². The number of esters is 1. The maximum absolute atomic E-state index is 11.7. The molecule has 0 radical (unpaired) electrons. The average molecular weight is 452 g/mol. The summed E-state index contributed by atoms with van der Waals surface area (Å²) in [6.07, 6.45) is 22.5. The minimum atomic E-state index is -0.312. The summed E-state index contributed by atoms with van der Waals surface area (Å²) in [6, 6.07) is 0. The van der Waals surface area contributed by atoms with Gasteiger partial charge >= 0.3 is 5.97 Å². The molecule has 0 aromatic heterocycles. The highest BCUT2D eigenvalue weighted by Crippen LogP contribution is 2.13. The van der Waals surface area contributed by atoms with E-state index >= 15 is 0 Å². The maximum Gasteiger partial charge on any atom is 0.305 e. The molecule has 0 aliphatic carbocycles. The quantitative estimate of drug-likeness (QED) is 0.119. The van der Waals surface area contributed by atoms with Crippen molar-refractivity contribution >= 4 is 17.8 Å². The highest BCUT2D eigenvalue weighted by molar-refractivity contribution is 6.12. The van der Waals surface area contributed by atoms with Crippen LogP contribution in [0.15, 0.2) is 12.2 Å². The summed E-state index contributed by atoms with van der Waals surface area (Å²) in [5.74, 6) is -0.806. The lowest BCUT2D eigenvalue weighted by atomic mass is 10.0. The molecular formula is C26H45NO5. The third kappa shape index (κ3) is 15.2. The Labute approximate surface area is 195 Å². The van der Waals surface area contributed by atoms with Crippen molar-refractivity contribution in [3.05, 3.63) is 12.2 Å². The van der Waals surface area contributed by atoms with Crippen molar-refractivity contribution in [3.63, 3.8) is 0 Å². The molecule has 6 nitrogen and oxygen atoms in total. The number of ether oxygens (including phenoxy) is 2. The zero-order valence-corrected chi connectivity index (χ0v) is 20.3. The summed E-state index contributed by atoms with van der Waals surface area (Å²) < 4.78 is 10.5. The van der Waals surface area contributed by atoms with Gasteiger partial charge in [0.05, 0.1) is 19.8 Å². The van der Waals surface area contributed by atoms with Crippen molar-refractivity contribution in [1.82, 2.24) is 4.90 Å². The van der Waals surface area contributed by atoms with Gasteiger partial charge in [-0.25, -0.2) is 0 Å². The van der Waals surface area contributed by atoms with Crippen molar-refractivity contribution in [2.45, 2.75) is 110 Å². The van der Waals surface area contributed by atoms with Crippen molar-refractivity contribution in [2.75, 3.05) is 26.4 Å². The Morgan fingerprint density at radius 1 is 0.688 bits per heavy atom. The van der Waals surface area contributed by atoms with E-state index in [0.29, 0.717) is 6.42 Å². The number of rotatable bonds is 22. The molecule has 0 saturated carbocycles. The SMILES string of the molecule is CCCCCCCCCCCCCCCCCC(=O)OCCOCCN1C(=O)C=CC1=O. The van der Waals surface area contributed by atoms with Crippen LogP contribution in [-0.2, 0) is 23.9 Å². The second-order valence-corrected chi connectivity index (χ2v) is 8.69. The average Bonchev–Trinajstić information content (AvgIpc) is 3.10. The third-order valence-corrected chi connectivity index (χ3v) is 5.83. The van der Waals surface area contributed by atoms with Gasteiger partial charge in [0.1, 0.15) is 6.61 Å². The molecule has 1 heterocycles. The van der Waals surface area contributed by atoms with E-state index in [0.717, 1.165) is 17.7 Å². The maximum atomic E-state index is 11.7. The van der Waals surface area contributed by atoms with Gasteiger partial charge in [0.25, 0.3) is 11.8 Å². The first-order valence-corrected chi connectivity index (χ1v) is 12.9. The van der Waals surface area contributed by atoms with Crippen molar-refractivity contribution < 1.29 is 23.9 Å². The lowest BCUT2D eigenvalue weighted by Gasteiger charge is -2.13. The zero-order chi connectivity index (χ0) is 23.3. The first-order valence-electron chi connectivity index (χ1n) is 12.9. The Morgan fingerprint density at radius 3 is 1.66 bits per heavy atom. The summed E-state index contributed by atoms with van der Waals surface area (Å²) >= 11 is 0. The predicted octanol–water partition coefficient (Wildman–Crippen LogP) is 5.73. The first-order chi connectivity index (χ1) is 15.6. The third-order valence-electron chi connectivity index (χ3n) is 5.83. The number of hydrogen-bond donors (Lipinski definition) is 0. The van der Waals surface area contributed by atoms with Gasteiger partial charge in [-0.1, -0.05) is 96.8 Å². The van der Waals surface area contributed by atoms with E-state index in [4.69, 9.17) is 9.47 Å². The molecule has 0 bridgehead atoms. The lowest BCUT2D eigenvalue weighted by Crippen LogP contribution is -2.33. The molecule has 1 rings (SSSR count). The molecule has 0 aromatic carbocycles. The van der Waals surface area contributed by atoms with E-state index in [1.54, 1.807) is 0 Å². The van der Waals surface area contributed by atoms with Crippen LogP contribution < -0.4 is 0 Å². The topological polar surface area (TPSA) is 72.9 Å². The van der Waals surface area contributed by atoms with Gasteiger partial charge in [0.2, 0.25) is 0 Å². The monoisotopic (exact) mass is 451 g/mol. The molecule has 32 heavy (non-hydrogen) atoms. The molecule has 1 aliphatic rings. The molecule has 0 aromatic rings. The number of nitrogens with zero attached hydrogens (tertiary/aromatic N) is 1. The van der Waals surface area contributed by atoms with Crippen molar-refractivity contribution in [1.29, 1.82) is 0 Å².